The van der Waals surface area contributed by atoms with Crippen molar-refractivity contribution < 1.29 is 4.74 Å². The molecule has 0 amide bonds. The van der Waals surface area contributed by atoms with Gasteiger partial charge in [-0.1, -0.05) is 27.7 Å². The first-order valence-corrected chi connectivity index (χ1v) is 6.26. The van der Waals surface area contributed by atoms with E-state index >= 15 is 0 Å². The summed E-state index contributed by atoms with van der Waals surface area (Å²) in [4.78, 5) is 0. The Bertz CT molecular complexity index is 143. The topological polar surface area (TPSA) is 21.3 Å². The fourth-order valence-electron chi connectivity index (χ4n) is 1.58. The van der Waals surface area contributed by atoms with Crippen molar-refractivity contribution in [3.8, 4) is 0 Å². The van der Waals surface area contributed by atoms with Crippen LogP contribution in [0.2, 0.25) is 0 Å². The van der Waals surface area contributed by atoms with E-state index < -0.39 is 0 Å². The second kappa shape index (κ2) is 8.12. The summed E-state index contributed by atoms with van der Waals surface area (Å²) < 4.78 is 5.35. The molecule has 92 valence electrons. The summed E-state index contributed by atoms with van der Waals surface area (Å²) in [5.74, 6) is 0.740. The molecule has 2 nitrogen and oxygen atoms in total. The van der Waals surface area contributed by atoms with Gasteiger partial charge in [0.25, 0.3) is 0 Å². The van der Waals surface area contributed by atoms with Crippen molar-refractivity contribution in [3.63, 3.8) is 0 Å². The third-order valence-corrected chi connectivity index (χ3v) is 2.50. The van der Waals surface area contributed by atoms with Gasteiger partial charge in [0.05, 0.1) is 0 Å². The van der Waals surface area contributed by atoms with Crippen LogP contribution in [0.4, 0.5) is 0 Å². The smallest absolute Gasteiger partial charge is 0.0466 e. The quantitative estimate of drug-likeness (QED) is 0.597. The molecular formula is C13H29NO. The molecule has 0 unspecified atom stereocenters. The summed E-state index contributed by atoms with van der Waals surface area (Å²) in [6.45, 7) is 15.2. The Labute approximate surface area is 95.8 Å². The highest BCUT2D eigenvalue weighted by Gasteiger charge is 2.16. The lowest BCUT2D eigenvalue weighted by molar-refractivity contribution is 0.132. The number of hydrogen-bond acceptors (Lipinski definition) is 2. The SMILES string of the molecule is CCOCCCC(C)(C)CNCC(C)C. The minimum atomic E-state index is 0.395. The van der Waals surface area contributed by atoms with Gasteiger partial charge in [-0.2, -0.15) is 0 Å². The Balaban J connectivity index is 3.48. The van der Waals surface area contributed by atoms with E-state index in [-0.39, 0.29) is 0 Å². The van der Waals surface area contributed by atoms with E-state index in [4.69, 9.17) is 4.74 Å². The second-order valence-corrected chi connectivity index (χ2v) is 5.49. The van der Waals surface area contributed by atoms with Crippen LogP contribution in [0.25, 0.3) is 0 Å². The van der Waals surface area contributed by atoms with Gasteiger partial charge in [-0.15, -0.1) is 0 Å². The lowest BCUT2D eigenvalue weighted by atomic mass is 9.88. The van der Waals surface area contributed by atoms with Crippen molar-refractivity contribution >= 4 is 0 Å². The molecule has 0 rings (SSSR count). The van der Waals surface area contributed by atoms with Crippen LogP contribution in [0, 0.1) is 11.3 Å². The second-order valence-electron chi connectivity index (χ2n) is 5.49. The van der Waals surface area contributed by atoms with Gasteiger partial charge >= 0.3 is 0 Å². The van der Waals surface area contributed by atoms with Crippen molar-refractivity contribution in [2.45, 2.75) is 47.5 Å². The van der Waals surface area contributed by atoms with Crippen LogP contribution in [0.15, 0.2) is 0 Å². The average molecular weight is 215 g/mol. The molecule has 15 heavy (non-hydrogen) atoms. The van der Waals surface area contributed by atoms with Crippen LogP contribution in [-0.4, -0.2) is 26.3 Å². The summed E-state index contributed by atoms with van der Waals surface area (Å²) in [7, 11) is 0. The minimum Gasteiger partial charge on any atom is -0.382 e. The Morgan fingerprint density at radius 2 is 1.93 bits per heavy atom. The predicted molar refractivity (Wildman–Crippen MR) is 67.2 cm³/mol. The van der Waals surface area contributed by atoms with E-state index in [0.717, 1.165) is 32.2 Å². The first-order valence-electron chi connectivity index (χ1n) is 6.26. The van der Waals surface area contributed by atoms with Gasteiger partial charge in [0.2, 0.25) is 0 Å². The summed E-state index contributed by atoms with van der Waals surface area (Å²) >= 11 is 0. The molecule has 0 aliphatic rings. The highest BCUT2D eigenvalue weighted by Crippen LogP contribution is 2.21. The van der Waals surface area contributed by atoms with Gasteiger partial charge < -0.3 is 10.1 Å². The number of ether oxygens (including phenoxy) is 1. The molecule has 0 saturated carbocycles. The highest BCUT2D eigenvalue weighted by atomic mass is 16.5. The minimum absolute atomic E-state index is 0.395. The van der Waals surface area contributed by atoms with Crippen LogP contribution < -0.4 is 5.32 Å². The molecule has 0 spiro atoms. The molecular weight excluding hydrogens is 186 g/mol. The molecule has 0 aliphatic carbocycles. The van der Waals surface area contributed by atoms with Gasteiger partial charge in [-0.05, 0) is 37.6 Å². The van der Waals surface area contributed by atoms with Crippen LogP contribution in [0.1, 0.15) is 47.5 Å². The van der Waals surface area contributed by atoms with Gasteiger partial charge in [0.1, 0.15) is 0 Å². The van der Waals surface area contributed by atoms with Gasteiger partial charge in [-0.25, -0.2) is 0 Å². The molecule has 0 saturated heterocycles. The highest BCUT2D eigenvalue weighted by molar-refractivity contribution is 4.71. The summed E-state index contributed by atoms with van der Waals surface area (Å²) in [5.41, 5.74) is 0.395. The molecule has 0 radical (unpaired) electrons. The van der Waals surface area contributed by atoms with Crippen molar-refractivity contribution in [2.75, 3.05) is 26.3 Å². The lowest BCUT2D eigenvalue weighted by Gasteiger charge is -2.25. The van der Waals surface area contributed by atoms with E-state index in [0.29, 0.717) is 5.41 Å². The molecule has 0 bridgehead atoms. The molecule has 0 atom stereocenters. The van der Waals surface area contributed by atoms with E-state index in [9.17, 15) is 0 Å². The molecule has 0 aromatic heterocycles. The lowest BCUT2D eigenvalue weighted by Crippen LogP contribution is -2.32. The zero-order valence-electron chi connectivity index (χ0n) is 11.2. The third kappa shape index (κ3) is 10.2. The Hall–Kier alpha value is -0.0800. The monoisotopic (exact) mass is 215 g/mol. The van der Waals surface area contributed by atoms with Crippen molar-refractivity contribution in [2.24, 2.45) is 11.3 Å². The predicted octanol–water partition coefficient (Wildman–Crippen LogP) is 3.07. The molecule has 2 heteroatoms. The van der Waals surface area contributed by atoms with E-state index in [1.54, 1.807) is 0 Å². The van der Waals surface area contributed by atoms with Crippen LogP contribution in [0.3, 0.4) is 0 Å². The van der Waals surface area contributed by atoms with Gasteiger partial charge in [0.15, 0.2) is 0 Å². The molecule has 1 N–H and O–H groups in total. The first-order chi connectivity index (χ1) is 6.98. The molecule has 0 aromatic rings. The van der Waals surface area contributed by atoms with Crippen LogP contribution in [0.5, 0.6) is 0 Å². The standard InChI is InChI=1S/C13H29NO/c1-6-15-9-7-8-13(4,5)11-14-10-12(2)3/h12,14H,6-11H2,1-5H3. The Morgan fingerprint density at radius 3 is 2.47 bits per heavy atom. The number of hydrogen-bond donors (Lipinski definition) is 1. The normalized spacial score (nSPS) is 12.4. The largest absolute Gasteiger partial charge is 0.382 e. The zero-order chi connectivity index (χ0) is 11.7. The van der Waals surface area contributed by atoms with E-state index in [2.05, 4.69) is 39.9 Å². The summed E-state index contributed by atoms with van der Waals surface area (Å²) in [6, 6.07) is 0. The fourth-order valence-corrected chi connectivity index (χ4v) is 1.58. The molecule has 0 fully saturated rings. The van der Waals surface area contributed by atoms with Gasteiger partial charge in [-0.3, -0.25) is 0 Å². The maximum atomic E-state index is 5.35. The molecule has 0 heterocycles. The molecule has 0 aromatic carbocycles. The average Bonchev–Trinajstić information content (AvgIpc) is 2.11. The van der Waals surface area contributed by atoms with Crippen molar-refractivity contribution in [1.82, 2.24) is 5.32 Å². The number of rotatable bonds is 9. The van der Waals surface area contributed by atoms with Gasteiger partial charge in [0, 0.05) is 19.8 Å². The zero-order valence-corrected chi connectivity index (χ0v) is 11.2. The third-order valence-electron chi connectivity index (χ3n) is 2.50. The van der Waals surface area contributed by atoms with Crippen LogP contribution in [-0.2, 0) is 4.74 Å². The summed E-state index contributed by atoms with van der Waals surface area (Å²) in [5, 5.41) is 3.53. The first kappa shape index (κ1) is 14.9. The van der Waals surface area contributed by atoms with E-state index in [1.807, 2.05) is 0 Å². The Kier molecular flexibility index (Phi) is 8.07. The Morgan fingerprint density at radius 1 is 1.27 bits per heavy atom. The summed E-state index contributed by atoms with van der Waals surface area (Å²) in [6.07, 6.45) is 2.41. The van der Waals surface area contributed by atoms with Crippen molar-refractivity contribution in [3.05, 3.63) is 0 Å². The molecule has 0 aliphatic heterocycles. The fraction of sp³-hybridized carbons (Fsp3) is 1.00. The van der Waals surface area contributed by atoms with E-state index in [1.165, 1.54) is 12.8 Å². The van der Waals surface area contributed by atoms with Crippen LogP contribution >= 0.6 is 0 Å². The maximum absolute atomic E-state index is 5.35. The van der Waals surface area contributed by atoms with Crippen molar-refractivity contribution in [1.29, 1.82) is 0 Å². The maximum Gasteiger partial charge on any atom is 0.0466 e. The number of nitrogens with one attached hydrogen (secondary N) is 1.